The molecule has 1 aromatic rings. The Hall–Kier alpha value is -0.920. The zero-order valence-corrected chi connectivity index (χ0v) is 9.89. The molecule has 0 spiro atoms. The summed E-state index contributed by atoms with van der Waals surface area (Å²) in [6.45, 7) is 1.49. The highest BCUT2D eigenvalue weighted by molar-refractivity contribution is 7.90. The molecule has 0 bridgehead atoms. The molecule has 0 aliphatic heterocycles. The normalized spacial score (nSPS) is 12.7. The van der Waals surface area contributed by atoms with Crippen LogP contribution >= 0.6 is 0 Å². The summed E-state index contributed by atoms with van der Waals surface area (Å²) in [6, 6.07) is 3.71. The van der Waals surface area contributed by atoms with E-state index in [0.29, 0.717) is 5.56 Å². The molecule has 0 saturated carbocycles. The van der Waals surface area contributed by atoms with Gasteiger partial charge < -0.3 is 0 Å². The van der Waals surface area contributed by atoms with Gasteiger partial charge >= 0.3 is 0 Å². The summed E-state index contributed by atoms with van der Waals surface area (Å²) in [7, 11) is -7.11. The molecular formula is C8H11NO4S2. The van der Waals surface area contributed by atoms with E-state index in [0.717, 1.165) is 6.26 Å². The van der Waals surface area contributed by atoms with Gasteiger partial charge in [0.15, 0.2) is 9.84 Å². The third-order valence-corrected chi connectivity index (χ3v) is 4.06. The quantitative estimate of drug-likeness (QED) is 0.801. The van der Waals surface area contributed by atoms with Gasteiger partial charge in [-0.05, 0) is 30.7 Å². The molecule has 0 amide bonds. The van der Waals surface area contributed by atoms with Crippen LogP contribution in [0.3, 0.4) is 0 Å². The second-order valence-corrected chi connectivity index (χ2v) is 6.79. The Bertz CT molecular complexity index is 587. The summed E-state index contributed by atoms with van der Waals surface area (Å²) in [6.07, 6.45) is 1.05. The third kappa shape index (κ3) is 2.77. The molecule has 1 rings (SSSR count). The molecule has 15 heavy (non-hydrogen) atoms. The van der Waals surface area contributed by atoms with E-state index < -0.39 is 19.9 Å². The maximum Gasteiger partial charge on any atom is 0.238 e. The van der Waals surface area contributed by atoms with Gasteiger partial charge in [0.2, 0.25) is 10.0 Å². The standard InChI is InChI=1S/C8H11NO4S2/c1-6-5-7(14(2,10)11)3-4-8(6)15(9,12)13/h3-5H,1-2H3,(H2,9,12,13). The minimum Gasteiger partial charge on any atom is -0.225 e. The minimum atomic E-state index is -3.79. The van der Waals surface area contributed by atoms with Crippen LogP contribution in [0.4, 0.5) is 0 Å². The summed E-state index contributed by atoms with van der Waals surface area (Å²) in [5.74, 6) is 0. The molecule has 0 atom stereocenters. The maximum atomic E-state index is 11.2. The molecular weight excluding hydrogens is 238 g/mol. The first-order chi connectivity index (χ1) is 6.62. The molecule has 0 fully saturated rings. The lowest BCUT2D eigenvalue weighted by atomic mass is 10.2. The van der Waals surface area contributed by atoms with Crippen molar-refractivity contribution < 1.29 is 16.8 Å². The van der Waals surface area contributed by atoms with Gasteiger partial charge in [-0.3, -0.25) is 0 Å². The van der Waals surface area contributed by atoms with E-state index in [1.807, 2.05) is 0 Å². The highest BCUT2D eigenvalue weighted by atomic mass is 32.2. The highest BCUT2D eigenvalue weighted by Gasteiger charge is 2.14. The van der Waals surface area contributed by atoms with E-state index in [1.165, 1.54) is 25.1 Å². The van der Waals surface area contributed by atoms with Crippen molar-refractivity contribution in [3.8, 4) is 0 Å². The van der Waals surface area contributed by atoms with Crippen LogP contribution in [0, 0.1) is 6.92 Å². The van der Waals surface area contributed by atoms with Crippen molar-refractivity contribution in [3.63, 3.8) is 0 Å². The van der Waals surface area contributed by atoms with Gasteiger partial charge in [-0.2, -0.15) is 0 Å². The van der Waals surface area contributed by atoms with E-state index in [-0.39, 0.29) is 9.79 Å². The Labute approximate surface area is 88.9 Å². The smallest absolute Gasteiger partial charge is 0.225 e. The van der Waals surface area contributed by atoms with Crippen LogP contribution in [-0.2, 0) is 19.9 Å². The number of primary sulfonamides is 1. The fourth-order valence-electron chi connectivity index (χ4n) is 1.17. The van der Waals surface area contributed by atoms with Gasteiger partial charge in [0.1, 0.15) is 0 Å². The molecule has 0 aliphatic carbocycles. The summed E-state index contributed by atoms with van der Waals surface area (Å²) < 4.78 is 44.4. The Morgan fingerprint density at radius 2 is 1.67 bits per heavy atom. The fourth-order valence-corrected chi connectivity index (χ4v) is 2.64. The number of sulfone groups is 1. The van der Waals surface area contributed by atoms with Crippen molar-refractivity contribution in [2.45, 2.75) is 16.7 Å². The van der Waals surface area contributed by atoms with E-state index in [9.17, 15) is 16.8 Å². The van der Waals surface area contributed by atoms with Gasteiger partial charge in [0.25, 0.3) is 0 Å². The van der Waals surface area contributed by atoms with Gasteiger partial charge in [-0.25, -0.2) is 22.0 Å². The lowest BCUT2D eigenvalue weighted by Crippen LogP contribution is -2.14. The van der Waals surface area contributed by atoms with Gasteiger partial charge in [-0.15, -0.1) is 0 Å². The molecule has 0 radical (unpaired) electrons. The molecule has 0 saturated heterocycles. The number of sulfonamides is 1. The highest BCUT2D eigenvalue weighted by Crippen LogP contribution is 2.18. The Kier molecular flexibility index (Phi) is 2.90. The van der Waals surface area contributed by atoms with Gasteiger partial charge in [-0.1, -0.05) is 0 Å². The molecule has 0 aromatic heterocycles. The van der Waals surface area contributed by atoms with Gasteiger partial charge in [0, 0.05) is 6.26 Å². The van der Waals surface area contributed by atoms with Crippen LogP contribution < -0.4 is 5.14 Å². The molecule has 84 valence electrons. The van der Waals surface area contributed by atoms with Crippen molar-refractivity contribution in [3.05, 3.63) is 23.8 Å². The number of benzene rings is 1. The first-order valence-electron chi connectivity index (χ1n) is 3.96. The lowest BCUT2D eigenvalue weighted by Gasteiger charge is -2.05. The Balaban J connectivity index is 3.47. The maximum absolute atomic E-state index is 11.2. The summed E-state index contributed by atoms with van der Waals surface area (Å²) in [4.78, 5) is 0.0160. The Morgan fingerprint density at radius 3 is 2.00 bits per heavy atom. The number of hydrogen-bond donors (Lipinski definition) is 1. The van der Waals surface area contributed by atoms with Crippen molar-refractivity contribution in [1.82, 2.24) is 0 Å². The second kappa shape index (κ2) is 3.58. The minimum absolute atomic E-state index is 0.0603. The zero-order valence-electron chi connectivity index (χ0n) is 8.26. The van der Waals surface area contributed by atoms with Crippen molar-refractivity contribution in [2.24, 2.45) is 5.14 Å². The van der Waals surface area contributed by atoms with Crippen LogP contribution in [0.5, 0.6) is 0 Å². The van der Waals surface area contributed by atoms with Crippen molar-refractivity contribution in [1.29, 1.82) is 0 Å². The van der Waals surface area contributed by atoms with E-state index in [2.05, 4.69) is 0 Å². The molecule has 2 N–H and O–H groups in total. The second-order valence-electron chi connectivity index (χ2n) is 3.24. The number of aryl methyl sites for hydroxylation is 1. The molecule has 0 unspecified atom stereocenters. The molecule has 1 aromatic carbocycles. The molecule has 7 heteroatoms. The Morgan fingerprint density at radius 1 is 1.13 bits per heavy atom. The monoisotopic (exact) mass is 249 g/mol. The van der Waals surface area contributed by atoms with Crippen LogP contribution in [0.1, 0.15) is 5.56 Å². The number of rotatable bonds is 2. The fraction of sp³-hybridized carbons (Fsp3) is 0.250. The predicted octanol–water partition coefficient (Wildman–Crippen LogP) is 0.0459. The number of hydrogen-bond acceptors (Lipinski definition) is 4. The summed E-state index contributed by atoms with van der Waals surface area (Å²) >= 11 is 0. The first kappa shape index (κ1) is 12.2. The third-order valence-electron chi connectivity index (χ3n) is 1.88. The van der Waals surface area contributed by atoms with E-state index in [4.69, 9.17) is 5.14 Å². The summed E-state index contributed by atoms with van der Waals surface area (Å²) in [5.41, 5.74) is 0.320. The summed E-state index contributed by atoms with van der Waals surface area (Å²) in [5, 5.41) is 4.94. The number of nitrogens with two attached hydrogens (primary N) is 1. The molecule has 5 nitrogen and oxygen atoms in total. The molecule has 0 aliphatic rings. The van der Waals surface area contributed by atoms with Crippen LogP contribution in [0.25, 0.3) is 0 Å². The SMILES string of the molecule is Cc1cc(S(C)(=O)=O)ccc1S(N)(=O)=O. The van der Waals surface area contributed by atoms with Crippen LogP contribution in [0.2, 0.25) is 0 Å². The first-order valence-corrected chi connectivity index (χ1v) is 7.39. The van der Waals surface area contributed by atoms with E-state index in [1.54, 1.807) is 0 Å². The van der Waals surface area contributed by atoms with Gasteiger partial charge in [0.05, 0.1) is 9.79 Å². The average molecular weight is 249 g/mol. The predicted molar refractivity (Wildman–Crippen MR) is 55.7 cm³/mol. The van der Waals surface area contributed by atoms with Crippen molar-refractivity contribution in [2.75, 3.05) is 6.26 Å². The topological polar surface area (TPSA) is 94.3 Å². The average Bonchev–Trinajstić information content (AvgIpc) is 1.99. The van der Waals surface area contributed by atoms with E-state index >= 15 is 0 Å². The van der Waals surface area contributed by atoms with Crippen LogP contribution in [-0.4, -0.2) is 23.1 Å². The largest absolute Gasteiger partial charge is 0.238 e. The zero-order chi connectivity index (χ0) is 11.9. The van der Waals surface area contributed by atoms with Crippen molar-refractivity contribution >= 4 is 19.9 Å². The molecule has 0 heterocycles. The lowest BCUT2D eigenvalue weighted by molar-refractivity contribution is 0.594. The van der Waals surface area contributed by atoms with Crippen LogP contribution in [0.15, 0.2) is 28.0 Å².